The lowest BCUT2D eigenvalue weighted by Gasteiger charge is -2.36. The lowest BCUT2D eigenvalue weighted by atomic mass is 9.98. The van der Waals surface area contributed by atoms with Crippen LogP contribution in [-0.2, 0) is 24.4 Å². The molecule has 1 aromatic carbocycles. The summed E-state index contributed by atoms with van der Waals surface area (Å²) in [5.74, 6) is -0.0516. The predicted molar refractivity (Wildman–Crippen MR) is 105 cm³/mol. The molecule has 0 unspecified atom stereocenters. The van der Waals surface area contributed by atoms with Gasteiger partial charge in [0.05, 0.1) is 6.04 Å². The van der Waals surface area contributed by atoms with Gasteiger partial charge in [0.2, 0.25) is 0 Å². The molecular formula is C20H27N3O2S. The Morgan fingerprint density at radius 3 is 2.58 bits per heavy atom. The molecule has 1 N–H and O–H groups in total. The molecule has 0 bridgehead atoms. The number of hydrogen-bond acceptors (Lipinski definition) is 3. The van der Waals surface area contributed by atoms with E-state index in [1.807, 2.05) is 29.8 Å². The van der Waals surface area contributed by atoms with Gasteiger partial charge in [0.15, 0.2) is 0 Å². The van der Waals surface area contributed by atoms with Gasteiger partial charge in [-0.25, -0.2) is 0 Å². The van der Waals surface area contributed by atoms with Crippen molar-refractivity contribution in [1.82, 2.24) is 14.8 Å². The van der Waals surface area contributed by atoms with Gasteiger partial charge < -0.3 is 9.88 Å². The predicted octanol–water partition coefficient (Wildman–Crippen LogP) is 2.85. The minimum absolute atomic E-state index is 0.0516. The van der Waals surface area contributed by atoms with E-state index >= 15 is 0 Å². The summed E-state index contributed by atoms with van der Waals surface area (Å²) in [5.41, 5.74) is 3.12. The average Bonchev–Trinajstić information content (AvgIpc) is 3.03. The van der Waals surface area contributed by atoms with E-state index in [1.54, 1.807) is 13.3 Å². The molecule has 0 spiro atoms. The number of rotatable bonds is 5. The normalized spacial score (nSPS) is 19.3. The molecule has 5 nitrogen and oxygen atoms in total. The van der Waals surface area contributed by atoms with Gasteiger partial charge in [-0.1, -0.05) is 18.6 Å². The zero-order valence-corrected chi connectivity index (χ0v) is 16.5. The van der Waals surface area contributed by atoms with E-state index in [2.05, 4.69) is 28.4 Å². The molecule has 140 valence electrons. The summed E-state index contributed by atoms with van der Waals surface area (Å²) in [6, 6.07) is 12.4. The fourth-order valence-corrected chi connectivity index (χ4v) is 4.27. The number of hydrogen-bond donors (Lipinski definition) is 1. The maximum absolute atomic E-state index is 12.0. The third-order valence-electron chi connectivity index (χ3n) is 5.22. The molecule has 2 heterocycles. The Bertz CT molecular complexity index is 798. The fourth-order valence-electron chi connectivity index (χ4n) is 3.75. The highest BCUT2D eigenvalue weighted by Crippen LogP contribution is 2.33. The largest absolute Gasteiger partial charge is 0.354 e. The van der Waals surface area contributed by atoms with Gasteiger partial charge in [-0.3, -0.25) is 13.9 Å². The van der Waals surface area contributed by atoms with E-state index in [0.29, 0.717) is 11.7 Å². The standard InChI is InChI=1S/C20H27N3O2S/c1-21-20(24)19-12-11-17(22(19)2)18-6-4-5-13-23(18)14-15-7-9-16(10-8-15)26(3)25/h7-12,18H,4-6,13-14H2,1-3H3,(H,21,24)/t18-,26-/m0/s1. The highest BCUT2D eigenvalue weighted by molar-refractivity contribution is 7.84. The zero-order valence-electron chi connectivity index (χ0n) is 15.7. The Hall–Kier alpha value is -1.92. The van der Waals surface area contributed by atoms with Gasteiger partial charge in [-0.05, 0) is 49.2 Å². The van der Waals surface area contributed by atoms with E-state index < -0.39 is 10.8 Å². The summed E-state index contributed by atoms with van der Waals surface area (Å²) in [6.07, 6.45) is 5.20. The number of nitrogens with zero attached hydrogens (tertiary/aromatic N) is 2. The number of aromatic nitrogens is 1. The molecule has 26 heavy (non-hydrogen) atoms. The molecule has 0 saturated carbocycles. The lowest BCUT2D eigenvalue weighted by Crippen LogP contribution is -2.34. The second-order valence-corrected chi connectivity index (χ2v) is 8.24. The first-order chi connectivity index (χ1) is 12.5. The van der Waals surface area contributed by atoms with E-state index in [0.717, 1.165) is 24.4 Å². The third-order valence-corrected chi connectivity index (χ3v) is 6.15. The van der Waals surface area contributed by atoms with Crippen LogP contribution in [0.15, 0.2) is 41.3 Å². The molecule has 6 heteroatoms. The summed E-state index contributed by atoms with van der Waals surface area (Å²) in [4.78, 5) is 15.4. The third kappa shape index (κ3) is 3.91. The minimum atomic E-state index is -0.941. The highest BCUT2D eigenvalue weighted by atomic mass is 32.2. The number of amides is 1. The van der Waals surface area contributed by atoms with Gasteiger partial charge in [0.25, 0.3) is 5.91 Å². The summed E-state index contributed by atoms with van der Waals surface area (Å²) < 4.78 is 13.6. The van der Waals surface area contributed by atoms with Crippen LogP contribution in [0.4, 0.5) is 0 Å². The van der Waals surface area contributed by atoms with Crippen LogP contribution in [0.2, 0.25) is 0 Å². The quantitative estimate of drug-likeness (QED) is 0.877. The number of likely N-dealkylation sites (tertiary alicyclic amines) is 1. The molecule has 3 rings (SSSR count). The van der Waals surface area contributed by atoms with Gasteiger partial charge in [0, 0.05) is 48.3 Å². The van der Waals surface area contributed by atoms with Crippen LogP contribution in [-0.4, -0.2) is 39.4 Å². The van der Waals surface area contributed by atoms with E-state index in [1.165, 1.54) is 24.1 Å². The van der Waals surface area contributed by atoms with Crippen LogP contribution in [0.3, 0.4) is 0 Å². The molecule has 1 aliphatic rings. The van der Waals surface area contributed by atoms with E-state index in [9.17, 15) is 9.00 Å². The number of nitrogens with one attached hydrogen (secondary N) is 1. The van der Waals surface area contributed by atoms with Crippen molar-refractivity contribution < 1.29 is 9.00 Å². The Labute approximate surface area is 157 Å². The molecule has 0 aliphatic carbocycles. The molecule has 1 amide bonds. The van der Waals surface area contributed by atoms with Gasteiger partial charge in [0.1, 0.15) is 5.69 Å². The SMILES string of the molecule is CNC(=O)c1ccc([C@@H]2CCCCN2Cc2ccc([S@](C)=O)cc2)n1C. The van der Waals surface area contributed by atoms with Crippen LogP contribution in [0, 0.1) is 0 Å². The number of carbonyl (C=O) groups excluding carboxylic acids is 1. The van der Waals surface area contributed by atoms with Crippen molar-refractivity contribution in [2.75, 3.05) is 19.8 Å². The highest BCUT2D eigenvalue weighted by Gasteiger charge is 2.27. The van der Waals surface area contributed by atoms with Crippen molar-refractivity contribution in [3.05, 3.63) is 53.3 Å². The first-order valence-electron chi connectivity index (χ1n) is 9.05. The Balaban J connectivity index is 1.81. The van der Waals surface area contributed by atoms with Crippen molar-refractivity contribution >= 4 is 16.7 Å². The maximum Gasteiger partial charge on any atom is 0.267 e. The van der Waals surface area contributed by atoms with Crippen LogP contribution in [0.25, 0.3) is 0 Å². The van der Waals surface area contributed by atoms with Crippen molar-refractivity contribution in [2.45, 2.75) is 36.7 Å². The van der Waals surface area contributed by atoms with Crippen LogP contribution in [0.5, 0.6) is 0 Å². The Morgan fingerprint density at radius 1 is 1.19 bits per heavy atom. The van der Waals surface area contributed by atoms with Gasteiger partial charge in [-0.2, -0.15) is 0 Å². The Kier molecular flexibility index (Phi) is 5.94. The number of piperidine rings is 1. The summed E-state index contributed by atoms with van der Waals surface area (Å²) in [7, 11) is 2.69. The second-order valence-electron chi connectivity index (χ2n) is 6.86. The van der Waals surface area contributed by atoms with E-state index in [-0.39, 0.29) is 5.91 Å². The molecular weight excluding hydrogens is 346 g/mol. The topological polar surface area (TPSA) is 54.3 Å². The summed E-state index contributed by atoms with van der Waals surface area (Å²) in [6.45, 7) is 1.91. The monoisotopic (exact) mass is 373 g/mol. The first-order valence-corrected chi connectivity index (χ1v) is 10.6. The fraction of sp³-hybridized carbons (Fsp3) is 0.450. The Morgan fingerprint density at radius 2 is 1.92 bits per heavy atom. The van der Waals surface area contributed by atoms with Crippen molar-refractivity contribution in [3.8, 4) is 0 Å². The average molecular weight is 374 g/mol. The minimum Gasteiger partial charge on any atom is -0.354 e. The van der Waals surface area contributed by atoms with Gasteiger partial charge >= 0.3 is 0 Å². The molecule has 1 fully saturated rings. The molecule has 1 aliphatic heterocycles. The second kappa shape index (κ2) is 8.18. The molecule has 1 saturated heterocycles. The zero-order chi connectivity index (χ0) is 18.7. The van der Waals surface area contributed by atoms with Crippen LogP contribution >= 0.6 is 0 Å². The summed E-state index contributed by atoms with van der Waals surface area (Å²) in [5, 5.41) is 2.71. The molecule has 0 radical (unpaired) electrons. The number of benzene rings is 1. The van der Waals surface area contributed by atoms with E-state index in [4.69, 9.17) is 0 Å². The summed E-state index contributed by atoms with van der Waals surface area (Å²) >= 11 is 0. The first kappa shape index (κ1) is 18.9. The maximum atomic E-state index is 12.0. The number of carbonyl (C=O) groups is 1. The lowest BCUT2D eigenvalue weighted by molar-refractivity contribution is 0.0952. The van der Waals surface area contributed by atoms with Crippen molar-refractivity contribution in [3.63, 3.8) is 0 Å². The molecule has 2 aromatic rings. The van der Waals surface area contributed by atoms with Crippen molar-refractivity contribution in [2.24, 2.45) is 7.05 Å². The molecule has 2 atom stereocenters. The van der Waals surface area contributed by atoms with Gasteiger partial charge in [-0.15, -0.1) is 0 Å². The van der Waals surface area contributed by atoms with Crippen LogP contribution < -0.4 is 5.32 Å². The van der Waals surface area contributed by atoms with Crippen molar-refractivity contribution in [1.29, 1.82) is 0 Å². The molecule has 1 aromatic heterocycles. The smallest absolute Gasteiger partial charge is 0.267 e. The van der Waals surface area contributed by atoms with Crippen LogP contribution in [0.1, 0.15) is 47.1 Å².